The number of anilines is 1. The van der Waals surface area contributed by atoms with Gasteiger partial charge < -0.3 is 16.0 Å². The molecule has 0 aliphatic rings. The zero-order valence-corrected chi connectivity index (χ0v) is 16.1. The van der Waals surface area contributed by atoms with Crippen LogP contribution in [0.15, 0.2) is 60.7 Å². The SMILES string of the molecule is CC(C)C(CNC(=O)CCCNC(=O)c1ccccc1)Nc1ccccc1. The standard InChI is InChI=1S/C22H29N3O2/c1-17(2)20(25-19-12-7-4-8-13-19)16-24-21(26)14-9-15-23-22(27)18-10-5-3-6-11-18/h3-8,10-13,17,20,25H,9,14-16H2,1-2H3,(H,23,27)(H,24,26). The molecule has 0 aromatic heterocycles. The molecular weight excluding hydrogens is 338 g/mol. The predicted octanol–water partition coefficient (Wildman–Crippen LogP) is 3.45. The first-order valence-corrected chi connectivity index (χ1v) is 9.48. The van der Waals surface area contributed by atoms with Crippen LogP contribution in [0.25, 0.3) is 0 Å². The van der Waals surface area contributed by atoms with Gasteiger partial charge in [0.15, 0.2) is 0 Å². The molecule has 2 aromatic rings. The molecule has 27 heavy (non-hydrogen) atoms. The maximum absolute atomic E-state index is 12.1. The largest absolute Gasteiger partial charge is 0.380 e. The van der Waals surface area contributed by atoms with E-state index in [1.165, 1.54) is 0 Å². The fraction of sp³-hybridized carbons (Fsp3) is 0.364. The first-order chi connectivity index (χ1) is 13.1. The van der Waals surface area contributed by atoms with Crippen molar-refractivity contribution in [3.05, 3.63) is 66.2 Å². The third-order valence-electron chi connectivity index (χ3n) is 4.35. The number of carbonyl (C=O) groups is 2. The van der Waals surface area contributed by atoms with Crippen molar-refractivity contribution in [2.75, 3.05) is 18.4 Å². The molecule has 0 saturated heterocycles. The van der Waals surface area contributed by atoms with Gasteiger partial charge in [-0.05, 0) is 36.6 Å². The molecule has 2 amide bonds. The molecule has 0 fully saturated rings. The van der Waals surface area contributed by atoms with Gasteiger partial charge in [-0.2, -0.15) is 0 Å². The average Bonchev–Trinajstić information content (AvgIpc) is 2.69. The molecule has 2 rings (SSSR count). The van der Waals surface area contributed by atoms with Crippen molar-refractivity contribution < 1.29 is 9.59 Å². The molecule has 0 spiro atoms. The fourth-order valence-corrected chi connectivity index (χ4v) is 2.66. The van der Waals surface area contributed by atoms with Gasteiger partial charge in [0, 0.05) is 36.8 Å². The molecule has 2 aromatic carbocycles. The van der Waals surface area contributed by atoms with Crippen LogP contribution in [0.3, 0.4) is 0 Å². The lowest BCUT2D eigenvalue weighted by Crippen LogP contribution is -2.39. The van der Waals surface area contributed by atoms with E-state index in [0.717, 1.165) is 5.69 Å². The second-order valence-electron chi connectivity index (χ2n) is 6.89. The van der Waals surface area contributed by atoms with Gasteiger partial charge in [-0.25, -0.2) is 0 Å². The normalized spacial score (nSPS) is 11.7. The minimum Gasteiger partial charge on any atom is -0.380 e. The van der Waals surface area contributed by atoms with Crippen molar-refractivity contribution in [1.29, 1.82) is 0 Å². The van der Waals surface area contributed by atoms with Crippen LogP contribution in [-0.4, -0.2) is 30.9 Å². The van der Waals surface area contributed by atoms with E-state index in [1.807, 2.05) is 48.5 Å². The summed E-state index contributed by atoms with van der Waals surface area (Å²) in [6.07, 6.45) is 1.01. The van der Waals surface area contributed by atoms with Crippen LogP contribution in [0, 0.1) is 5.92 Å². The van der Waals surface area contributed by atoms with Gasteiger partial charge in [0.05, 0.1) is 0 Å². The molecule has 5 heteroatoms. The van der Waals surface area contributed by atoms with Gasteiger partial charge in [0.2, 0.25) is 5.91 Å². The smallest absolute Gasteiger partial charge is 0.251 e. The van der Waals surface area contributed by atoms with Gasteiger partial charge in [0.25, 0.3) is 5.91 Å². The molecule has 0 radical (unpaired) electrons. The van der Waals surface area contributed by atoms with Gasteiger partial charge in [-0.1, -0.05) is 50.2 Å². The van der Waals surface area contributed by atoms with Crippen LogP contribution in [-0.2, 0) is 4.79 Å². The summed E-state index contributed by atoms with van der Waals surface area (Å²) < 4.78 is 0. The molecule has 3 N–H and O–H groups in total. The lowest BCUT2D eigenvalue weighted by Gasteiger charge is -2.24. The highest BCUT2D eigenvalue weighted by atomic mass is 16.2. The number of carbonyl (C=O) groups excluding carboxylic acids is 2. The number of para-hydroxylation sites is 1. The summed E-state index contributed by atoms with van der Waals surface area (Å²) in [5.41, 5.74) is 1.68. The fourth-order valence-electron chi connectivity index (χ4n) is 2.66. The summed E-state index contributed by atoms with van der Waals surface area (Å²) in [6.45, 7) is 5.32. The quantitative estimate of drug-likeness (QED) is 0.563. The number of rotatable bonds is 10. The van der Waals surface area contributed by atoms with Crippen LogP contribution in [0.1, 0.15) is 37.0 Å². The summed E-state index contributed by atoms with van der Waals surface area (Å²) in [4.78, 5) is 24.0. The van der Waals surface area contributed by atoms with Crippen LogP contribution < -0.4 is 16.0 Å². The Kier molecular flexibility index (Phi) is 8.36. The Morgan fingerprint density at radius 3 is 2.15 bits per heavy atom. The topological polar surface area (TPSA) is 70.2 Å². The summed E-state index contributed by atoms with van der Waals surface area (Å²) in [5.74, 6) is 0.281. The van der Waals surface area contributed by atoms with E-state index in [2.05, 4.69) is 29.8 Å². The number of nitrogens with one attached hydrogen (secondary N) is 3. The van der Waals surface area contributed by atoms with E-state index in [0.29, 0.717) is 37.4 Å². The van der Waals surface area contributed by atoms with Crippen molar-refractivity contribution in [1.82, 2.24) is 10.6 Å². The maximum atomic E-state index is 12.1. The molecule has 5 nitrogen and oxygen atoms in total. The number of amides is 2. The molecular formula is C22H29N3O2. The molecule has 1 unspecified atom stereocenters. The Hall–Kier alpha value is -2.82. The Balaban J connectivity index is 1.66. The second kappa shape index (κ2) is 11.0. The minimum atomic E-state index is -0.108. The summed E-state index contributed by atoms with van der Waals surface area (Å²) in [6, 6.07) is 19.2. The predicted molar refractivity (Wildman–Crippen MR) is 110 cm³/mol. The summed E-state index contributed by atoms with van der Waals surface area (Å²) >= 11 is 0. The molecule has 1 atom stereocenters. The monoisotopic (exact) mass is 367 g/mol. The molecule has 0 aliphatic heterocycles. The minimum absolute atomic E-state index is 0.00414. The van der Waals surface area contributed by atoms with E-state index in [4.69, 9.17) is 0 Å². The Morgan fingerprint density at radius 2 is 1.52 bits per heavy atom. The third kappa shape index (κ3) is 7.52. The zero-order chi connectivity index (χ0) is 19.5. The Labute approximate surface area is 161 Å². The van der Waals surface area contributed by atoms with E-state index < -0.39 is 0 Å². The Bertz CT molecular complexity index is 702. The highest BCUT2D eigenvalue weighted by Gasteiger charge is 2.14. The summed E-state index contributed by atoms with van der Waals surface area (Å²) in [5, 5.41) is 9.29. The van der Waals surface area contributed by atoms with E-state index in [-0.39, 0.29) is 17.9 Å². The molecule has 0 saturated carbocycles. The number of hydrogen-bond acceptors (Lipinski definition) is 3. The molecule has 0 bridgehead atoms. The second-order valence-corrected chi connectivity index (χ2v) is 6.89. The number of hydrogen-bond donors (Lipinski definition) is 3. The van der Waals surface area contributed by atoms with Crippen molar-refractivity contribution >= 4 is 17.5 Å². The highest BCUT2D eigenvalue weighted by Crippen LogP contribution is 2.11. The van der Waals surface area contributed by atoms with Crippen molar-refractivity contribution in [2.24, 2.45) is 5.92 Å². The van der Waals surface area contributed by atoms with Crippen LogP contribution >= 0.6 is 0 Å². The number of benzene rings is 2. The summed E-state index contributed by atoms with van der Waals surface area (Å²) in [7, 11) is 0. The van der Waals surface area contributed by atoms with E-state index >= 15 is 0 Å². The van der Waals surface area contributed by atoms with Crippen LogP contribution in [0.2, 0.25) is 0 Å². The van der Waals surface area contributed by atoms with Gasteiger partial charge in [0.1, 0.15) is 0 Å². The van der Waals surface area contributed by atoms with Gasteiger partial charge >= 0.3 is 0 Å². The molecule has 0 heterocycles. The first kappa shape index (κ1) is 20.5. The molecule has 144 valence electrons. The van der Waals surface area contributed by atoms with Crippen LogP contribution in [0.5, 0.6) is 0 Å². The maximum Gasteiger partial charge on any atom is 0.251 e. The highest BCUT2D eigenvalue weighted by molar-refractivity contribution is 5.94. The van der Waals surface area contributed by atoms with Gasteiger partial charge in [-0.15, -0.1) is 0 Å². The van der Waals surface area contributed by atoms with E-state index in [1.54, 1.807) is 12.1 Å². The first-order valence-electron chi connectivity index (χ1n) is 9.48. The zero-order valence-electron chi connectivity index (χ0n) is 16.1. The van der Waals surface area contributed by atoms with Crippen molar-refractivity contribution in [3.63, 3.8) is 0 Å². The van der Waals surface area contributed by atoms with Crippen LogP contribution in [0.4, 0.5) is 5.69 Å². The Morgan fingerprint density at radius 1 is 0.889 bits per heavy atom. The lowest BCUT2D eigenvalue weighted by atomic mass is 10.0. The van der Waals surface area contributed by atoms with E-state index in [9.17, 15) is 9.59 Å². The lowest BCUT2D eigenvalue weighted by molar-refractivity contribution is -0.121. The third-order valence-corrected chi connectivity index (χ3v) is 4.35. The van der Waals surface area contributed by atoms with Crippen molar-refractivity contribution in [2.45, 2.75) is 32.7 Å². The molecule has 0 aliphatic carbocycles. The van der Waals surface area contributed by atoms with Gasteiger partial charge in [-0.3, -0.25) is 9.59 Å². The average molecular weight is 367 g/mol. The van der Waals surface area contributed by atoms with Crippen molar-refractivity contribution in [3.8, 4) is 0 Å².